The van der Waals surface area contributed by atoms with Gasteiger partial charge in [-0.3, -0.25) is 9.59 Å². The molecule has 0 unspecified atom stereocenters. The van der Waals surface area contributed by atoms with Crippen LogP contribution in [0.5, 0.6) is 5.75 Å². The van der Waals surface area contributed by atoms with Gasteiger partial charge in [-0.1, -0.05) is 66.7 Å². The van der Waals surface area contributed by atoms with Crippen LogP contribution in [0.1, 0.15) is 60.7 Å². The number of amides is 3. The SMILES string of the molecule is CC(C)(C)OC(=O)N[C@@H](Cc1ccccc1)C(=O)N[C@@H](Cc1ccc(OCC(=O)O)c(C(=O)O)c1)C(=O)NCCCCc1ccccc1. The van der Waals surface area contributed by atoms with Crippen LogP contribution in [-0.4, -0.2) is 70.9 Å². The fourth-order valence-corrected chi connectivity index (χ4v) is 4.80. The number of nitrogens with one attached hydrogen (secondary N) is 3. The van der Waals surface area contributed by atoms with Gasteiger partial charge in [0.25, 0.3) is 0 Å². The van der Waals surface area contributed by atoms with Gasteiger partial charge in [-0.2, -0.15) is 0 Å². The van der Waals surface area contributed by atoms with Crippen molar-refractivity contribution < 1.29 is 43.7 Å². The predicted molar refractivity (Wildman–Crippen MR) is 178 cm³/mol. The molecule has 3 rings (SSSR count). The second kappa shape index (κ2) is 18.1. The molecule has 3 amide bonds. The molecule has 48 heavy (non-hydrogen) atoms. The highest BCUT2D eigenvalue weighted by Crippen LogP contribution is 2.22. The van der Waals surface area contributed by atoms with Crippen molar-refractivity contribution in [3.63, 3.8) is 0 Å². The lowest BCUT2D eigenvalue weighted by molar-refractivity contribution is -0.139. The number of alkyl carbamates (subject to hydrolysis) is 1. The minimum Gasteiger partial charge on any atom is -0.481 e. The quantitative estimate of drug-likeness (QED) is 0.133. The van der Waals surface area contributed by atoms with E-state index in [1.54, 1.807) is 45.0 Å². The predicted octanol–water partition coefficient (Wildman–Crippen LogP) is 4.15. The number of rotatable bonds is 17. The molecule has 2 atom stereocenters. The molecule has 256 valence electrons. The summed E-state index contributed by atoms with van der Waals surface area (Å²) < 4.78 is 10.5. The van der Waals surface area contributed by atoms with E-state index in [0.29, 0.717) is 18.5 Å². The molecule has 0 aliphatic rings. The smallest absolute Gasteiger partial charge is 0.408 e. The fraction of sp³-hybridized carbons (Fsp3) is 0.361. The first-order valence-corrected chi connectivity index (χ1v) is 15.7. The number of ether oxygens (including phenoxy) is 2. The van der Waals surface area contributed by atoms with Gasteiger partial charge in [-0.05, 0) is 68.9 Å². The van der Waals surface area contributed by atoms with Gasteiger partial charge in [0, 0.05) is 19.4 Å². The summed E-state index contributed by atoms with van der Waals surface area (Å²) >= 11 is 0. The van der Waals surface area contributed by atoms with Gasteiger partial charge in [0.05, 0.1) is 0 Å². The van der Waals surface area contributed by atoms with Gasteiger partial charge >= 0.3 is 18.0 Å². The Hall–Kier alpha value is -5.39. The average molecular weight is 662 g/mol. The van der Waals surface area contributed by atoms with E-state index in [1.165, 1.54) is 23.8 Å². The van der Waals surface area contributed by atoms with Crippen LogP contribution in [0.3, 0.4) is 0 Å². The maximum Gasteiger partial charge on any atom is 0.408 e. The number of aryl methyl sites for hydroxylation is 1. The Morgan fingerprint density at radius 1 is 0.729 bits per heavy atom. The van der Waals surface area contributed by atoms with Crippen LogP contribution in [0, 0.1) is 0 Å². The topological polar surface area (TPSA) is 180 Å². The van der Waals surface area contributed by atoms with Gasteiger partial charge in [0.1, 0.15) is 29.0 Å². The number of carbonyl (C=O) groups excluding carboxylic acids is 3. The van der Waals surface area contributed by atoms with E-state index in [2.05, 4.69) is 16.0 Å². The summed E-state index contributed by atoms with van der Waals surface area (Å²) in [6.45, 7) is 4.69. The van der Waals surface area contributed by atoms with Crippen LogP contribution in [0.4, 0.5) is 4.79 Å². The van der Waals surface area contributed by atoms with E-state index in [4.69, 9.17) is 14.6 Å². The van der Waals surface area contributed by atoms with Gasteiger partial charge in [0.2, 0.25) is 11.8 Å². The number of hydrogen-bond acceptors (Lipinski definition) is 7. The molecule has 3 aromatic rings. The molecule has 0 aliphatic heterocycles. The Labute approximate surface area is 279 Å². The van der Waals surface area contributed by atoms with Gasteiger partial charge in [0.15, 0.2) is 6.61 Å². The molecule has 0 fully saturated rings. The molecule has 0 radical (unpaired) electrons. The van der Waals surface area contributed by atoms with E-state index >= 15 is 0 Å². The fourth-order valence-electron chi connectivity index (χ4n) is 4.80. The van der Waals surface area contributed by atoms with Crippen LogP contribution >= 0.6 is 0 Å². The van der Waals surface area contributed by atoms with E-state index in [9.17, 15) is 29.1 Å². The van der Waals surface area contributed by atoms with Crippen molar-refractivity contribution in [1.82, 2.24) is 16.0 Å². The van der Waals surface area contributed by atoms with Crippen molar-refractivity contribution >= 4 is 29.8 Å². The number of unbranched alkanes of at least 4 members (excludes halogenated alkanes) is 1. The van der Waals surface area contributed by atoms with Crippen molar-refractivity contribution in [1.29, 1.82) is 0 Å². The van der Waals surface area contributed by atoms with Gasteiger partial charge in [-0.15, -0.1) is 0 Å². The Morgan fingerprint density at radius 3 is 1.94 bits per heavy atom. The van der Waals surface area contributed by atoms with Crippen molar-refractivity contribution in [3.8, 4) is 5.75 Å². The first-order chi connectivity index (χ1) is 22.8. The van der Waals surface area contributed by atoms with E-state index in [1.807, 2.05) is 36.4 Å². The lowest BCUT2D eigenvalue weighted by atomic mass is 10.0. The summed E-state index contributed by atoms with van der Waals surface area (Å²) in [6.07, 6.45) is 1.53. The maximum atomic E-state index is 13.7. The third kappa shape index (κ3) is 13.1. The van der Waals surface area contributed by atoms with Gasteiger partial charge in [-0.25, -0.2) is 14.4 Å². The number of hydrogen-bond donors (Lipinski definition) is 5. The summed E-state index contributed by atoms with van der Waals surface area (Å²) in [4.78, 5) is 62.9. The lowest BCUT2D eigenvalue weighted by Gasteiger charge is -2.25. The molecule has 0 aliphatic carbocycles. The van der Waals surface area contributed by atoms with Crippen molar-refractivity contribution in [2.75, 3.05) is 13.2 Å². The highest BCUT2D eigenvalue weighted by atomic mass is 16.6. The monoisotopic (exact) mass is 661 g/mol. The van der Waals surface area contributed by atoms with Crippen molar-refractivity contribution in [2.24, 2.45) is 0 Å². The summed E-state index contributed by atoms with van der Waals surface area (Å²) in [5, 5.41) is 26.9. The van der Waals surface area contributed by atoms with E-state index in [0.717, 1.165) is 18.4 Å². The number of benzene rings is 3. The Kier molecular flexibility index (Phi) is 14.0. The summed E-state index contributed by atoms with van der Waals surface area (Å²) in [5.74, 6) is -3.92. The maximum absolute atomic E-state index is 13.7. The highest BCUT2D eigenvalue weighted by Gasteiger charge is 2.29. The largest absolute Gasteiger partial charge is 0.481 e. The molecule has 0 bridgehead atoms. The summed E-state index contributed by atoms with van der Waals surface area (Å²) in [7, 11) is 0. The lowest BCUT2D eigenvalue weighted by Crippen LogP contribution is -2.55. The zero-order valence-corrected chi connectivity index (χ0v) is 27.4. The second-order valence-corrected chi connectivity index (χ2v) is 12.2. The molecule has 0 saturated carbocycles. The van der Waals surface area contributed by atoms with Crippen LogP contribution in [0.25, 0.3) is 0 Å². The summed E-state index contributed by atoms with van der Waals surface area (Å²) in [6, 6.07) is 20.8. The Bertz CT molecular complexity index is 1540. The molecule has 0 saturated heterocycles. The molecule has 12 nitrogen and oxygen atoms in total. The Morgan fingerprint density at radius 2 is 1.33 bits per heavy atom. The Balaban J connectivity index is 1.81. The molecule has 0 heterocycles. The molecule has 0 spiro atoms. The minimum absolute atomic E-state index is 0.106. The number of carboxylic acids is 2. The van der Waals surface area contributed by atoms with Crippen LogP contribution in [0.2, 0.25) is 0 Å². The number of carboxylic acid groups (broad SMARTS) is 2. The minimum atomic E-state index is -1.36. The molecular formula is C36H43N3O9. The third-order valence-corrected chi connectivity index (χ3v) is 7.02. The number of carbonyl (C=O) groups is 5. The standard InChI is InChI=1S/C36H43N3O9/c1-36(2,3)48-35(46)39-29(21-25-15-8-5-9-16-25)33(43)38-28(32(42)37-19-11-10-14-24-12-6-4-7-13-24)22-26-17-18-30(47-23-31(40)41)27(20-26)34(44)45/h4-9,12-13,15-18,20,28-29H,10-11,14,19,21-23H2,1-3H3,(H,37,42)(H,38,43)(H,39,46)(H,40,41)(H,44,45)/t28-,29-/m0/s1. The normalized spacial score (nSPS) is 12.2. The molecule has 3 aromatic carbocycles. The number of aliphatic carboxylic acids is 1. The van der Waals surface area contributed by atoms with Crippen molar-refractivity contribution in [2.45, 2.75) is 70.6 Å². The third-order valence-electron chi connectivity index (χ3n) is 7.02. The van der Waals surface area contributed by atoms with E-state index in [-0.39, 0.29) is 24.2 Å². The first kappa shape index (κ1) is 37.1. The molecular weight excluding hydrogens is 618 g/mol. The van der Waals surface area contributed by atoms with E-state index < -0.39 is 54.1 Å². The zero-order valence-electron chi connectivity index (χ0n) is 27.4. The van der Waals surface area contributed by atoms with Crippen LogP contribution in [-0.2, 0) is 38.4 Å². The average Bonchev–Trinajstić information content (AvgIpc) is 3.03. The van der Waals surface area contributed by atoms with Crippen LogP contribution < -0.4 is 20.7 Å². The van der Waals surface area contributed by atoms with Gasteiger partial charge < -0.3 is 35.6 Å². The summed E-state index contributed by atoms with van der Waals surface area (Å²) in [5.41, 5.74) is 1.20. The highest BCUT2D eigenvalue weighted by molar-refractivity contribution is 5.93. The zero-order chi connectivity index (χ0) is 35.1. The van der Waals surface area contributed by atoms with Crippen LogP contribution in [0.15, 0.2) is 78.9 Å². The molecule has 12 heteroatoms. The number of aromatic carboxylic acids is 1. The first-order valence-electron chi connectivity index (χ1n) is 15.7. The molecule has 0 aromatic heterocycles. The second-order valence-electron chi connectivity index (χ2n) is 12.2. The van der Waals surface area contributed by atoms with Crippen molar-refractivity contribution in [3.05, 3.63) is 101 Å². The molecule has 5 N–H and O–H groups in total.